The lowest BCUT2D eigenvalue weighted by Crippen LogP contribution is -2.23. The topological polar surface area (TPSA) is 46.2 Å². The van der Waals surface area contributed by atoms with Crippen molar-refractivity contribution in [3.63, 3.8) is 0 Å². The minimum atomic E-state index is -3.55. The molecule has 1 N–H and O–H groups in total. The molecule has 0 amide bonds. The Labute approximate surface area is 154 Å². The fraction of sp³-hybridized carbons (Fsp3) is 0.0909. The van der Waals surface area contributed by atoms with Gasteiger partial charge in [-0.3, -0.25) is 0 Å². The van der Waals surface area contributed by atoms with Crippen LogP contribution in [-0.2, 0) is 10.0 Å². The van der Waals surface area contributed by atoms with Gasteiger partial charge in [0.2, 0.25) is 10.0 Å². The van der Waals surface area contributed by atoms with Gasteiger partial charge in [0, 0.05) is 5.56 Å². The van der Waals surface area contributed by atoms with Gasteiger partial charge in [-0.15, -0.1) is 0 Å². The molecule has 0 saturated heterocycles. The second-order valence-electron chi connectivity index (χ2n) is 5.85. The maximum Gasteiger partial charge on any atom is 0.241 e. The van der Waals surface area contributed by atoms with Crippen molar-refractivity contribution in [3.8, 4) is 23.0 Å². The first-order valence-corrected chi connectivity index (χ1v) is 9.74. The van der Waals surface area contributed by atoms with E-state index in [0.717, 1.165) is 22.3 Å². The third kappa shape index (κ3) is 4.40. The van der Waals surface area contributed by atoms with Crippen molar-refractivity contribution in [3.05, 3.63) is 90.0 Å². The summed E-state index contributed by atoms with van der Waals surface area (Å²) in [6, 6.07) is 24.6. The predicted octanol–water partition coefficient (Wildman–Crippen LogP) is 3.99. The summed E-state index contributed by atoms with van der Waals surface area (Å²) >= 11 is 0. The van der Waals surface area contributed by atoms with Crippen molar-refractivity contribution in [2.45, 2.75) is 11.8 Å². The molecule has 0 fully saturated rings. The summed E-state index contributed by atoms with van der Waals surface area (Å²) in [5.41, 5.74) is 3.99. The number of aryl methyl sites for hydroxylation is 1. The molecule has 0 aliphatic carbocycles. The van der Waals surface area contributed by atoms with E-state index < -0.39 is 10.0 Å². The van der Waals surface area contributed by atoms with Gasteiger partial charge in [0.1, 0.15) is 0 Å². The molecule has 0 radical (unpaired) electrons. The normalized spacial score (nSPS) is 10.8. The van der Waals surface area contributed by atoms with Crippen LogP contribution in [0.3, 0.4) is 0 Å². The van der Waals surface area contributed by atoms with Gasteiger partial charge in [-0.1, -0.05) is 78.1 Å². The van der Waals surface area contributed by atoms with E-state index in [1.165, 1.54) is 0 Å². The highest BCUT2D eigenvalue weighted by Crippen LogP contribution is 2.22. The summed E-state index contributed by atoms with van der Waals surface area (Å²) in [6.45, 7) is 1.97. The van der Waals surface area contributed by atoms with Gasteiger partial charge in [0.15, 0.2) is 0 Å². The van der Waals surface area contributed by atoms with Crippen LogP contribution in [-0.4, -0.2) is 15.0 Å². The minimum Gasteiger partial charge on any atom is -0.207 e. The van der Waals surface area contributed by atoms with Crippen molar-refractivity contribution >= 4 is 10.0 Å². The fourth-order valence-electron chi connectivity index (χ4n) is 2.53. The van der Waals surface area contributed by atoms with E-state index in [2.05, 4.69) is 16.6 Å². The van der Waals surface area contributed by atoms with Gasteiger partial charge in [0.25, 0.3) is 0 Å². The largest absolute Gasteiger partial charge is 0.241 e. The number of nitrogens with one attached hydrogen (secondary N) is 1. The first kappa shape index (κ1) is 17.9. The molecule has 3 aromatic rings. The predicted molar refractivity (Wildman–Crippen MR) is 105 cm³/mol. The zero-order chi connectivity index (χ0) is 18.4. The molecule has 0 aliphatic rings. The Balaban J connectivity index is 1.74. The van der Waals surface area contributed by atoms with E-state index in [4.69, 9.17) is 0 Å². The standard InChI is InChI=1S/C22H19NO2S/c1-18-13-15-21(16-14-18)26(24,25)23-17-7-11-20-10-5-6-12-22(20)19-8-3-2-4-9-19/h2-6,8-10,12-16,23H,17H2,1H3. The van der Waals surface area contributed by atoms with Crippen LogP contribution in [0.5, 0.6) is 0 Å². The summed E-state index contributed by atoms with van der Waals surface area (Å²) in [6.07, 6.45) is 0. The third-order valence-electron chi connectivity index (χ3n) is 3.92. The summed E-state index contributed by atoms with van der Waals surface area (Å²) in [4.78, 5) is 0.245. The molecule has 0 aliphatic heterocycles. The number of sulfonamides is 1. The van der Waals surface area contributed by atoms with Gasteiger partial charge in [0.05, 0.1) is 11.4 Å². The maximum absolute atomic E-state index is 12.3. The van der Waals surface area contributed by atoms with Gasteiger partial charge in [-0.05, 0) is 36.2 Å². The maximum atomic E-state index is 12.3. The highest BCUT2D eigenvalue weighted by Gasteiger charge is 2.11. The molecule has 0 heterocycles. The SMILES string of the molecule is Cc1ccc(S(=O)(=O)NCC#Cc2ccccc2-c2ccccc2)cc1. The zero-order valence-corrected chi connectivity index (χ0v) is 15.3. The molecule has 3 nitrogen and oxygen atoms in total. The third-order valence-corrected chi connectivity index (χ3v) is 5.33. The lowest BCUT2D eigenvalue weighted by Gasteiger charge is -2.05. The molecule has 26 heavy (non-hydrogen) atoms. The van der Waals surface area contributed by atoms with Crippen molar-refractivity contribution in [2.24, 2.45) is 0 Å². The number of hydrogen-bond acceptors (Lipinski definition) is 2. The second kappa shape index (κ2) is 8.01. The first-order chi connectivity index (χ1) is 12.6. The van der Waals surface area contributed by atoms with E-state index in [1.54, 1.807) is 24.3 Å². The van der Waals surface area contributed by atoms with Crippen LogP contribution >= 0.6 is 0 Å². The zero-order valence-electron chi connectivity index (χ0n) is 14.4. The van der Waals surface area contributed by atoms with Crippen LogP contribution in [0.25, 0.3) is 11.1 Å². The van der Waals surface area contributed by atoms with Crippen LogP contribution in [0.4, 0.5) is 0 Å². The molecule has 0 aromatic heterocycles. The van der Waals surface area contributed by atoms with Crippen molar-refractivity contribution in [2.75, 3.05) is 6.54 Å². The van der Waals surface area contributed by atoms with E-state index in [-0.39, 0.29) is 11.4 Å². The lowest BCUT2D eigenvalue weighted by atomic mass is 10.0. The van der Waals surface area contributed by atoms with E-state index in [0.29, 0.717) is 0 Å². The van der Waals surface area contributed by atoms with Crippen LogP contribution in [0, 0.1) is 18.8 Å². The van der Waals surface area contributed by atoms with Gasteiger partial charge < -0.3 is 0 Å². The molecular formula is C22H19NO2S. The second-order valence-corrected chi connectivity index (χ2v) is 7.62. The van der Waals surface area contributed by atoms with Crippen molar-refractivity contribution in [1.82, 2.24) is 4.72 Å². The van der Waals surface area contributed by atoms with Gasteiger partial charge in [-0.2, -0.15) is 4.72 Å². The summed E-state index contributed by atoms with van der Waals surface area (Å²) in [5, 5.41) is 0. The highest BCUT2D eigenvalue weighted by molar-refractivity contribution is 7.89. The molecule has 0 spiro atoms. The number of benzene rings is 3. The number of hydrogen-bond donors (Lipinski definition) is 1. The Morgan fingerprint density at radius 2 is 1.50 bits per heavy atom. The minimum absolute atomic E-state index is 0.0549. The smallest absolute Gasteiger partial charge is 0.207 e. The monoisotopic (exact) mass is 361 g/mol. The summed E-state index contributed by atoms with van der Waals surface area (Å²) in [5.74, 6) is 5.98. The molecule has 0 saturated carbocycles. The Kier molecular flexibility index (Phi) is 5.52. The molecular weight excluding hydrogens is 342 g/mol. The van der Waals surface area contributed by atoms with E-state index in [9.17, 15) is 8.42 Å². The summed E-state index contributed by atoms with van der Waals surface area (Å²) < 4.78 is 27.1. The summed E-state index contributed by atoms with van der Waals surface area (Å²) in [7, 11) is -3.55. The molecule has 0 unspecified atom stereocenters. The van der Waals surface area contributed by atoms with Crippen molar-refractivity contribution in [1.29, 1.82) is 0 Å². The molecule has 4 heteroatoms. The average Bonchev–Trinajstić information content (AvgIpc) is 2.67. The van der Waals surface area contributed by atoms with Gasteiger partial charge in [-0.25, -0.2) is 8.42 Å². The highest BCUT2D eigenvalue weighted by atomic mass is 32.2. The van der Waals surface area contributed by atoms with Crippen LogP contribution in [0.1, 0.15) is 11.1 Å². The van der Waals surface area contributed by atoms with Crippen LogP contribution in [0.15, 0.2) is 83.8 Å². The quantitative estimate of drug-likeness (QED) is 0.714. The Morgan fingerprint density at radius 3 is 2.23 bits per heavy atom. The average molecular weight is 361 g/mol. The van der Waals surface area contributed by atoms with Crippen molar-refractivity contribution < 1.29 is 8.42 Å². The first-order valence-electron chi connectivity index (χ1n) is 8.26. The molecule has 3 aromatic carbocycles. The molecule has 0 bridgehead atoms. The van der Waals surface area contributed by atoms with Gasteiger partial charge >= 0.3 is 0 Å². The van der Waals surface area contributed by atoms with E-state index in [1.807, 2.05) is 61.5 Å². The Bertz CT molecular complexity index is 1040. The Hall–Kier alpha value is -2.87. The molecule has 0 atom stereocenters. The fourth-order valence-corrected chi connectivity index (χ4v) is 3.46. The van der Waals surface area contributed by atoms with Crippen LogP contribution in [0.2, 0.25) is 0 Å². The molecule has 130 valence electrons. The lowest BCUT2D eigenvalue weighted by molar-refractivity contribution is 0.586. The van der Waals surface area contributed by atoms with Crippen LogP contribution < -0.4 is 4.72 Å². The Morgan fingerprint density at radius 1 is 0.846 bits per heavy atom. The molecule has 3 rings (SSSR count). The van der Waals surface area contributed by atoms with E-state index >= 15 is 0 Å². The number of rotatable bonds is 4.